The molecular weight excluding hydrogens is 240 g/mol. The van der Waals surface area contributed by atoms with Crippen LogP contribution in [0.1, 0.15) is 24.9 Å². The molecule has 0 aromatic heterocycles. The Labute approximate surface area is 116 Å². The normalized spacial score (nSPS) is 13.0. The molecule has 1 aromatic rings. The first-order chi connectivity index (χ1) is 8.95. The standard InChI is InChI=1S/C15H26N2O2/c1-12(17(4)10-6-9-16(2)3)14-8-7-13(19-5)11-15(14)18/h7-8,11-12,18H,6,9-10H2,1-5H3. The van der Waals surface area contributed by atoms with E-state index in [1.54, 1.807) is 13.2 Å². The maximum atomic E-state index is 10.0. The molecule has 19 heavy (non-hydrogen) atoms. The summed E-state index contributed by atoms with van der Waals surface area (Å²) < 4.78 is 5.10. The molecule has 0 saturated carbocycles. The van der Waals surface area contributed by atoms with Crippen LogP contribution in [0.15, 0.2) is 18.2 Å². The highest BCUT2D eigenvalue weighted by Gasteiger charge is 2.15. The van der Waals surface area contributed by atoms with Gasteiger partial charge in [0.2, 0.25) is 0 Å². The molecule has 1 atom stereocenters. The van der Waals surface area contributed by atoms with Crippen molar-refractivity contribution >= 4 is 0 Å². The molecule has 108 valence electrons. The number of phenolic OH excluding ortho intramolecular Hbond substituents is 1. The van der Waals surface area contributed by atoms with E-state index in [9.17, 15) is 5.11 Å². The van der Waals surface area contributed by atoms with Gasteiger partial charge in [0.25, 0.3) is 0 Å². The van der Waals surface area contributed by atoms with Gasteiger partial charge in [-0.2, -0.15) is 0 Å². The first-order valence-corrected chi connectivity index (χ1v) is 6.67. The number of benzene rings is 1. The van der Waals surface area contributed by atoms with Crippen molar-refractivity contribution in [2.24, 2.45) is 0 Å². The maximum Gasteiger partial charge on any atom is 0.124 e. The Balaban J connectivity index is 2.63. The van der Waals surface area contributed by atoms with E-state index in [-0.39, 0.29) is 6.04 Å². The number of methoxy groups -OCH3 is 1. The van der Waals surface area contributed by atoms with E-state index in [2.05, 4.69) is 37.9 Å². The molecule has 1 N–H and O–H groups in total. The smallest absolute Gasteiger partial charge is 0.124 e. The van der Waals surface area contributed by atoms with Crippen molar-refractivity contribution in [1.82, 2.24) is 9.80 Å². The lowest BCUT2D eigenvalue weighted by Crippen LogP contribution is -2.26. The fourth-order valence-electron chi connectivity index (χ4n) is 2.07. The van der Waals surface area contributed by atoms with Gasteiger partial charge in [-0.25, -0.2) is 0 Å². The second-order valence-electron chi connectivity index (χ2n) is 5.24. The molecule has 0 saturated heterocycles. The first-order valence-electron chi connectivity index (χ1n) is 6.67. The Bertz CT molecular complexity index is 394. The van der Waals surface area contributed by atoms with Crippen molar-refractivity contribution in [2.45, 2.75) is 19.4 Å². The number of aromatic hydroxyl groups is 1. The molecule has 0 radical (unpaired) electrons. The number of nitrogens with zero attached hydrogens (tertiary/aromatic N) is 2. The molecule has 0 amide bonds. The molecule has 1 aromatic carbocycles. The lowest BCUT2D eigenvalue weighted by atomic mass is 10.1. The van der Waals surface area contributed by atoms with E-state index < -0.39 is 0 Å². The molecule has 4 nitrogen and oxygen atoms in total. The average Bonchev–Trinajstić information content (AvgIpc) is 2.37. The van der Waals surface area contributed by atoms with Crippen LogP contribution in [0.3, 0.4) is 0 Å². The molecule has 0 spiro atoms. The van der Waals surface area contributed by atoms with Gasteiger partial charge >= 0.3 is 0 Å². The van der Waals surface area contributed by atoms with Crippen molar-refractivity contribution in [2.75, 3.05) is 41.3 Å². The van der Waals surface area contributed by atoms with Crippen LogP contribution in [0.2, 0.25) is 0 Å². The van der Waals surface area contributed by atoms with Crippen LogP contribution >= 0.6 is 0 Å². The van der Waals surface area contributed by atoms with Gasteiger partial charge < -0.3 is 14.7 Å². The summed E-state index contributed by atoms with van der Waals surface area (Å²) in [6.45, 7) is 4.19. The van der Waals surface area contributed by atoms with E-state index in [1.165, 1.54) is 0 Å². The SMILES string of the molecule is COc1ccc(C(C)N(C)CCCN(C)C)c(O)c1. The van der Waals surface area contributed by atoms with Gasteiger partial charge in [-0.15, -0.1) is 0 Å². The van der Waals surface area contributed by atoms with Gasteiger partial charge in [0.15, 0.2) is 0 Å². The fraction of sp³-hybridized carbons (Fsp3) is 0.600. The number of hydrogen-bond acceptors (Lipinski definition) is 4. The van der Waals surface area contributed by atoms with Crippen LogP contribution in [-0.4, -0.2) is 56.2 Å². The molecule has 0 bridgehead atoms. The van der Waals surface area contributed by atoms with Crippen LogP contribution in [0.25, 0.3) is 0 Å². The number of rotatable bonds is 7. The van der Waals surface area contributed by atoms with Crippen molar-refractivity contribution < 1.29 is 9.84 Å². The highest BCUT2D eigenvalue weighted by atomic mass is 16.5. The zero-order valence-electron chi connectivity index (χ0n) is 12.7. The number of ether oxygens (including phenoxy) is 1. The van der Waals surface area contributed by atoms with E-state index in [4.69, 9.17) is 4.74 Å². The third-order valence-electron chi connectivity index (χ3n) is 3.47. The van der Waals surface area contributed by atoms with Gasteiger partial charge in [-0.1, -0.05) is 6.07 Å². The highest BCUT2D eigenvalue weighted by Crippen LogP contribution is 2.30. The zero-order chi connectivity index (χ0) is 14.4. The molecule has 0 aliphatic carbocycles. The van der Waals surface area contributed by atoms with Gasteiger partial charge in [-0.05, 0) is 53.6 Å². The quantitative estimate of drug-likeness (QED) is 0.822. The maximum absolute atomic E-state index is 10.0. The Morgan fingerprint density at radius 2 is 1.89 bits per heavy atom. The molecular formula is C15H26N2O2. The van der Waals surface area contributed by atoms with Gasteiger partial charge in [0, 0.05) is 17.7 Å². The summed E-state index contributed by atoms with van der Waals surface area (Å²) in [4.78, 5) is 4.44. The summed E-state index contributed by atoms with van der Waals surface area (Å²) in [5.41, 5.74) is 0.938. The largest absolute Gasteiger partial charge is 0.507 e. The van der Waals surface area contributed by atoms with Crippen LogP contribution in [0.4, 0.5) is 0 Å². The monoisotopic (exact) mass is 266 g/mol. The molecule has 0 heterocycles. The average molecular weight is 266 g/mol. The number of hydrogen-bond donors (Lipinski definition) is 1. The summed E-state index contributed by atoms with van der Waals surface area (Å²) in [5, 5.41) is 10.0. The summed E-state index contributed by atoms with van der Waals surface area (Å²) >= 11 is 0. The predicted octanol–water partition coefficient (Wildman–Crippen LogP) is 2.35. The molecule has 1 rings (SSSR count). The van der Waals surface area contributed by atoms with Crippen LogP contribution < -0.4 is 4.74 Å². The van der Waals surface area contributed by atoms with Gasteiger partial charge in [0.05, 0.1) is 7.11 Å². The van der Waals surface area contributed by atoms with E-state index in [0.29, 0.717) is 11.5 Å². The highest BCUT2D eigenvalue weighted by molar-refractivity contribution is 5.41. The minimum absolute atomic E-state index is 0.188. The predicted molar refractivity (Wildman–Crippen MR) is 78.9 cm³/mol. The van der Waals surface area contributed by atoms with Crippen molar-refractivity contribution in [3.63, 3.8) is 0 Å². The molecule has 0 aliphatic heterocycles. The summed E-state index contributed by atoms with van der Waals surface area (Å²) in [5.74, 6) is 0.982. The van der Waals surface area contributed by atoms with E-state index in [0.717, 1.165) is 25.1 Å². The second-order valence-corrected chi connectivity index (χ2v) is 5.24. The Morgan fingerprint density at radius 1 is 1.21 bits per heavy atom. The van der Waals surface area contributed by atoms with Crippen LogP contribution in [0.5, 0.6) is 11.5 Å². The molecule has 0 aliphatic rings. The third-order valence-corrected chi connectivity index (χ3v) is 3.47. The summed E-state index contributed by atoms with van der Waals surface area (Å²) in [7, 11) is 7.85. The minimum atomic E-state index is 0.188. The zero-order valence-corrected chi connectivity index (χ0v) is 12.7. The lowest BCUT2D eigenvalue weighted by molar-refractivity contribution is 0.240. The van der Waals surface area contributed by atoms with E-state index >= 15 is 0 Å². The van der Waals surface area contributed by atoms with Gasteiger partial charge in [-0.3, -0.25) is 4.90 Å². The van der Waals surface area contributed by atoms with Crippen molar-refractivity contribution in [3.05, 3.63) is 23.8 Å². The van der Waals surface area contributed by atoms with E-state index in [1.807, 2.05) is 12.1 Å². The van der Waals surface area contributed by atoms with Crippen molar-refractivity contribution in [1.29, 1.82) is 0 Å². The van der Waals surface area contributed by atoms with Crippen molar-refractivity contribution in [3.8, 4) is 11.5 Å². The Kier molecular flexibility index (Phi) is 6.12. The number of phenols is 1. The summed E-state index contributed by atoms with van der Waals surface area (Å²) in [6.07, 6.45) is 1.12. The fourth-order valence-corrected chi connectivity index (χ4v) is 2.07. The molecule has 4 heteroatoms. The summed E-state index contributed by atoms with van der Waals surface area (Å²) in [6, 6.07) is 5.67. The Morgan fingerprint density at radius 3 is 2.42 bits per heavy atom. The van der Waals surface area contributed by atoms with Crippen LogP contribution in [-0.2, 0) is 0 Å². The molecule has 1 unspecified atom stereocenters. The van der Waals surface area contributed by atoms with Crippen LogP contribution in [0, 0.1) is 0 Å². The minimum Gasteiger partial charge on any atom is -0.507 e. The Hall–Kier alpha value is -1.26. The third kappa shape index (κ3) is 4.73. The second kappa shape index (κ2) is 7.36. The molecule has 0 fully saturated rings. The lowest BCUT2D eigenvalue weighted by Gasteiger charge is -2.26. The topological polar surface area (TPSA) is 35.9 Å². The van der Waals surface area contributed by atoms with Gasteiger partial charge in [0.1, 0.15) is 11.5 Å². The first kappa shape index (κ1) is 15.8.